The van der Waals surface area contributed by atoms with Crippen molar-refractivity contribution in [3.05, 3.63) is 46.8 Å². The first-order valence-corrected chi connectivity index (χ1v) is 16.2. The van der Waals surface area contributed by atoms with Crippen LogP contribution in [-0.2, 0) is 14.2 Å². The maximum absolute atomic E-state index is 12.7. The van der Waals surface area contributed by atoms with Gasteiger partial charge < -0.3 is 19.3 Å². The van der Waals surface area contributed by atoms with Crippen LogP contribution >= 0.6 is 0 Å². The summed E-state index contributed by atoms with van der Waals surface area (Å²) < 4.78 is 15.8. The molecule has 0 radical (unpaired) electrons. The van der Waals surface area contributed by atoms with E-state index in [1.807, 2.05) is 33.8 Å². The predicted molar refractivity (Wildman–Crippen MR) is 187 cm³/mol. The molecule has 2 rings (SSSR count). The summed E-state index contributed by atoms with van der Waals surface area (Å²) in [7, 11) is 0. The number of imide groups is 2. The molecule has 0 bridgehead atoms. The summed E-state index contributed by atoms with van der Waals surface area (Å²) in [4.78, 5) is 58.8. The zero-order valence-corrected chi connectivity index (χ0v) is 31.4. The lowest BCUT2D eigenvalue weighted by atomic mass is 10.00. The van der Waals surface area contributed by atoms with E-state index in [1.165, 1.54) is 18.2 Å². The minimum Gasteiger partial charge on any atom is -0.464 e. The zero-order chi connectivity index (χ0) is 38.8. The van der Waals surface area contributed by atoms with E-state index in [0.717, 1.165) is 17.7 Å². The molecule has 0 fully saturated rings. The number of ether oxygens (including phenoxy) is 3. The van der Waals surface area contributed by atoms with Gasteiger partial charge in [-0.1, -0.05) is 27.7 Å². The fourth-order valence-corrected chi connectivity index (χ4v) is 3.96. The summed E-state index contributed by atoms with van der Waals surface area (Å²) in [6, 6.07) is 9.90. The molecule has 2 heterocycles. The molecular formula is C36H50N6O8. The van der Waals surface area contributed by atoms with Crippen LogP contribution < -0.4 is 9.80 Å². The van der Waals surface area contributed by atoms with Crippen molar-refractivity contribution in [3.63, 3.8) is 0 Å². The summed E-state index contributed by atoms with van der Waals surface area (Å²) in [6.07, 6.45) is -2.81. The zero-order valence-electron chi connectivity index (χ0n) is 31.4. The number of anilines is 2. The van der Waals surface area contributed by atoms with Gasteiger partial charge in [-0.2, -0.15) is 20.3 Å². The minimum absolute atomic E-state index is 0.0151. The van der Waals surface area contributed by atoms with Crippen LogP contribution in [0.2, 0.25) is 0 Å². The number of aromatic nitrogens is 2. The Balaban J connectivity index is 0.000000506. The van der Waals surface area contributed by atoms with Gasteiger partial charge in [0.25, 0.3) is 0 Å². The van der Waals surface area contributed by atoms with Gasteiger partial charge in [0.2, 0.25) is 0 Å². The average molecular weight is 695 g/mol. The number of carbonyl (C=O) groups is 4. The Labute approximate surface area is 295 Å². The van der Waals surface area contributed by atoms with Gasteiger partial charge in [0, 0.05) is 0 Å². The van der Waals surface area contributed by atoms with Gasteiger partial charge in [-0.25, -0.2) is 29.1 Å². The van der Waals surface area contributed by atoms with Crippen molar-refractivity contribution >= 4 is 36.0 Å². The van der Waals surface area contributed by atoms with Crippen LogP contribution in [0.5, 0.6) is 0 Å². The van der Waals surface area contributed by atoms with Gasteiger partial charge in [0.05, 0.1) is 22.5 Å². The summed E-state index contributed by atoms with van der Waals surface area (Å²) in [5.74, 6) is -0.0774. The van der Waals surface area contributed by atoms with E-state index in [2.05, 4.69) is 16.0 Å². The van der Waals surface area contributed by atoms with Gasteiger partial charge >= 0.3 is 24.4 Å². The van der Waals surface area contributed by atoms with Crippen molar-refractivity contribution in [1.82, 2.24) is 9.97 Å². The molecule has 2 aromatic heterocycles. The molecule has 14 nitrogen and oxygen atoms in total. The normalized spacial score (nSPS) is 12.5. The minimum atomic E-state index is -1.49. The number of nitriles is 2. The van der Waals surface area contributed by atoms with E-state index < -0.39 is 41.2 Å². The molecular weight excluding hydrogens is 644 g/mol. The molecule has 2 atom stereocenters. The highest BCUT2D eigenvalue weighted by Gasteiger charge is 2.34. The lowest BCUT2D eigenvalue weighted by Crippen LogP contribution is -2.44. The molecule has 0 aliphatic carbocycles. The smallest absolute Gasteiger partial charge is 0.425 e. The third-order valence-corrected chi connectivity index (χ3v) is 6.60. The molecule has 4 amide bonds. The predicted octanol–water partition coefficient (Wildman–Crippen LogP) is 9.03. The Morgan fingerprint density at radius 2 is 0.960 bits per heavy atom. The Morgan fingerprint density at radius 1 is 0.660 bits per heavy atom. The molecule has 272 valence electrons. The monoisotopic (exact) mass is 694 g/mol. The number of amides is 4. The highest BCUT2D eigenvalue weighted by Crippen LogP contribution is 2.27. The molecule has 0 aliphatic rings. The Bertz CT molecular complexity index is 1600. The molecule has 14 heteroatoms. The number of hydrogen-bond acceptors (Lipinski definition) is 11. The average Bonchev–Trinajstić information content (AvgIpc) is 2.97. The second-order valence-electron chi connectivity index (χ2n) is 14.4. The maximum atomic E-state index is 12.7. The van der Waals surface area contributed by atoms with E-state index in [4.69, 9.17) is 19.5 Å². The second kappa shape index (κ2) is 17.4. The van der Waals surface area contributed by atoms with E-state index in [0.29, 0.717) is 27.4 Å². The summed E-state index contributed by atoms with van der Waals surface area (Å²) in [5.41, 5.74) is -0.694. The van der Waals surface area contributed by atoms with Crippen molar-refractivity contribution in [2.75, 3.05) is 9.80 Å². The fourth-order valence-electron chi connectivity index (χ4n) is 3.96. The Kier molecular flexibility index (Phi) is 14.9. The van der Waals surface area contributed by atoms with Crippen molar-refractivity contribution in [3.8, 4) is 12.1 Å². The topological polar surface area (TPSA) is 196 Å². The SMILES string of the molecule is CCC(C)c1nc(N(C(=O)O)C(=O)OC(C)(C)C)ccc1C#N.CCC(C)c1nc(N(C(=O)OC(C)(C)C)C(=O)OC(C)(C)C)ccc1C#N. The summed E-state index contributed by atoms with van der Waals surface area (Å²) in [6.45, 7) is 22.9. The van der Waals surface area contributed by atoms with Crippen molar-refractivity contribution in [2.24, 2.45) is 0 Å². The molecule has 0 aliphatic heterocycles. The van der Waals surface area contributed by atoms with Crippen LogP contribution in [0.1, 0.15) is 137 Å². The van der Waals surface area contributed by atoms with Crippen molar-refractivity contribution in [2.45, 2.75) is 131 Å². The first-order chi connectivity index (χ1) is 22.9. The summed E-state index contributed by atoms with van der Waals surface area (Å²) in [5, 5.41) is 27.8. The highest BCUT2D eigenvalue weighted by molar-refractivity contribution is 6.09. The molecule has 0 spiro atoms. The Hall–Kier alpha value is -5.24. The number of carboxylic acid groups (broad SMARTS) is 1. The van der Waals surface area contributed by atoms with Gasteiger partial charge in [-0.3, -0.25) is 0 Å². The first kappa shape index (κ1) is 42.8. The lowest BCUT2D eigenvalue weighted by molar-refractivity contribution is 0.0426. The van der Waals surface area contributed by atoms with Crippen molar-refractivity contribution < 1.29 is 38.5 Å². The quantitative estimate of drug-likeness (QED) is 0.282. The molecule has 1 N–H and O–H groups in total. The van der Waals surface area contributed by atoms with Gasteiger partial charge in [-0.05, 0) is 111 Å². The van der Waals surface area contributed by atoms with Crippen LogP contribution in [0.3, 0.4) is 0 Å². The molecule has 0 saturated heterocycles. The largest absolute Gasteiger partial charge is 0.464 e. The standard InChI is InChI=1S/C20H29N3O4.C16H21N3O4/c1-9-13(2)16-14(12-21)10-11-15(22-16)23(17(24)26-19(3,4)5)18(25)27-20(6,7)8;1-6-10(2)13-11(9-17)7-8-12(18-13)19(14(20)21)15(22)23-16(3,4)5/h10-11,13H,9H2,1-8H3;7-8,10H,6H2,1-5H3,(H,20,21). The molecule has 2 aromatic rings. The fraction of sp³-hybridized carbons (Fsp3) is 0.556. The lowest BCUT2D eigenvalue weighted by Gasteiger charge is -2.28. The van der Waals surface area contributed by atoms with E-state index >= 15 is 0 Å². The van der Waals surface area contributed by atoms with Crippen LogP contribution in [0, 0.1) is 22.7 Å². The molecule has 2 unspecified atom stereocenters. The number of rotatable bonds is 6. The Morgan fingerprint density at radius 3 is 1.22 bits per heavy atom. The third kappa shape index (κ3) is 13.0. The number of hydrogen-bond donors (Lipinski definition) is 1. The van der Waals surface area contributed by atoms with Crippen molar-refractivity contribution in [1.29, 1.82) is 10.5 Å². The third-order valence-electron chi connectivity index (χ3n) is 6.60. The number of carbonyl (C=O) groups excluding carboxylic acids is 3. The van der Waals surface area contributed by atoms with E-state index in [-0.39, 0.29) is 23.5 Å². The molecule has 0 saturated carbocycles. The van der Waals surface area contributed by atoms with Crippen LogP contribution in [-0.4, -0.2) is 56.3 Å². The van der Waals surface area contributed by atoms with Gasteiger partial charge in [0.1, 0.15) is 40.6 Å². The van der Waals surface area contributed by atoms with Crippen LogP contribution in [0.15, 0.2) is 24.3 Å². The maximum Gasteiger partial charge on any atom is 0.425 e. The van der Waals surface area contributed by atoms with Gasteiger partial charge in [-0.15, -0.1) is 0 Å². The van der Waals surface area contributed by atoms with E-state index in [9.17, 15) is 29.5 Å². The number of nitrogens with zero attached hydrogens (tertiary/aromatic N) is 6. The second-order valence-corrected chi connectivity index (χ2v) is 14.4. The van der Waals surface area contributed by atoms with E-state index in [1.54, 1.807) is 68.4 Å². The first-order valence-electron chi connectivity index (χ1n) is 16.2. The van der Waals surface area contributed by atoms with Crippen LogP contribution in [0.4, 0.5) is 30.8 Å². The van der Waals surface area contributed by atoms with Crippen LogP contribution in [0.25, 0.3) is 0 Å². The number of pyridine rings is 2. The van der Waals surface area contributed by atoms with Gasteiger partial charge in [0.15, 0.2) is 0 Å². The molecule has 50 heavy (non-hydrogen) atoms. The molecule has 0 aromatic carbocycles. The summed E-state index contributed by atoms with van der Waals surface area (Å²) >= 11 is 0. The highest BCUT2D eigenvalue weighted by atomic mass is 16.6.